The van der Waals surface area contributed by atoms with Gasteiger partial charge in [0, 0.05) is 13.1 Å². The summed E-state index contributed by atoms with van der Waals surface area (Å²) in [5, 5.41) is 9.28. The van der Waals surface area contributed by atoms with E-state index in [0.29, 0.717) is 28.7 Å². The monoisotopic (exact) mass is 495 g/mol. The van der Waals surface area contributed by atoms with Crippen LogP contribution in [0.25, 0.3) is 0 Å². The Balaban J connectivity index is 2.03. The molecule has 3 aromatic carbocycles. The molecule has 34 heavy (non-hydrogen) atoms. The molecule has 182 valence electrons. The molecule has 0 heterocycles. The molecule has 0 spiro atoms. The lowest BCUT2D eigenvalue weighted by atomic mass is 10.1. The summed E-state index contributed by atoms with van der Waals surface area (Å²) in [7, 11) is -1.34. The summed E-state index contributed by atoms with van der Waals surface area (Å²) >= 11 is 0. The van der Waals surface area contributed by atoms with Crippen LogP contribution in [0.5, 0.6) is 11.5 Å². The fourth-order valence-electron chi connectivity index (χ4n) is 3.36. The van der Waals surface area contributed by atoms with E-state index in [1.54, 1.807) is 48.5 Å². The lowest BCUT2D eigenvalue weighted by Gasteiger charge is -2.24. The highest BCUT2D eigenvalue weighted by atomic mass is 32.2. The molecule has 0 atom stereocenters. The van der Waals surface area contributed by atoms with Gasteiger partial charge in [0.1, 0.15) is 11.5 Å². The highest BCUT2D eigenvalue weighted by Crippen LogP contribution is 2.35. The van der Waals surface area contributed by atoms with Gasteiger partial charge in [0.15, 0.2) is 0 Å². The van der Waals surface area contributed by atoms with Crippen molar-refractivity contribution in [1.82, 2.24) is 4.31 Å². The molecule has 0 aromatic heterocycles. The lowest BCUT2D eigenvalue weighted by molar-refractivity contribution is -0.138. The molecule has 3 rings (SSSR count). The standard InChI is InChI=1S/C24H24F3NO5S/c1-32-20-8-3-17(4-9-20)14-28(15-18-5-10-21(33-2)11-6-18)34(30,31)22-12-7-19(16-29)23(13-22)24(25,26)27/h3-13,29H,14-16H2,1-2H3. The largest absolute Gasteiger partial charge is 0.497 e. The zero-order valence-corrected chi connectivity index (χ0v) is 19.4. The van der Waals surface area contributed by atoms with Gasteiger partial charge in [0.05, 0.1) is 31.3 Å². The zero-order chi connectivity index (χ0) is 24.9. The molecule has 0 aliphatic heterocycles. The van der Waals surface area contributed by atoms with Gasteiger partial charge in [-0.3, -0.25) is 0 Å². The molecule has 0 aliphatic carbocycles. The van der Waals surface area contributed by atoms with Gasteiger partial charge in [-0.15, -0.1) is 0 Å². The van der Waals surface area contributed by atoms with Gasteiger partial charge in [0.25, 0.3) is 0 Å². The van der Waals surface area contributed by atoms with E-state index in [4.69, 9.17) is 9.47 Å². The second-order valence-corrected chi connectivity index (χ2v) is 9.38. The normalized spacial score (nSPS) is 12.1. The summed E-state index contributed by atoms with van der Waals surface area (Å²) in [6.45, 7) is -1.03. The van der Waals surface area contributed by atoms with Crippen LogP contribution in [0.3, 0.4) is 0 Å². The number of hydrogen-bond acceptors (Lipinski definition) is 5. The number of alkyl halides is 3. The number of hydrogen-bond donors (Lipinski definition) is 1. The molecule has 0 fully saturated rings. The summed E-state index contributed by atoms with van der Waals surface area (Å²) in [4.78, 5) is -0.515. The van der Waals surface area contributed by atoms with Crippen LogP contribution in [0.2, 0.25) is 0 Å². The third kappa shape index (κ3) is 5.88. The van der Waals surface area contributed by atoms with Gasteiger partial charge in [-0.05, 0) is 53.1 Å². The highest BCUT2D eigenvalue weighted by Gasteiger charge is 2.35. The Bertz CT molecular complexity index is 1160. The topological polar surface area (TPSA) is 76.1 Å². The smallest absolute Gasteiger partial charge is 0.416 e. The van der Waals surface area contributed by atoms with Gasteiger partial charge in [-0.1, -0.05) is 30.3 Å². The number of halogens is 3. The minimum atomic E-state index is -4.82. The Labute approximate surface area is 196 Å². The summed E-state index contributed by atoms with van der Waals surface area (Å²) < 4.78 is 78.9. The summed E-state index contributed by atoms with van der Waals surface area (Å²) in [5.74, 6) is 1.17. The van der Waals surface area contributed by atoms with E-state index < -0.39 is 38.8 Å². The Morgan fingerprint density at radius 2 is 1.29 bits per heavy atom. The van der Waals surface area contributed by atoms with E-state index >= 15 is 0 Å². The Morgan fingerprint density at radius 3 is 1.68 bits per heavy atom. The minimum absolute atomic E-state index is 0.0819. The van der Waals surface area contributed by atoms with Crippen LogP contribution in [-0.2, 0) is 35.9 Å². The van der Waals surface area contributed by atoms with Crippen LogP contribution < -0.4 is 9.47 Å². The molecular weight excluding hydrogens is 471 g/mol. The van der Waals surface area contributed by atoms with E-state index in [9.17, 15) is 26.7 Å². The maximum atomic E-state index is 13.5. The fraction of sp³-hybridized carbons (Fsp3) is 0.250. The Morgan fingerprint density at radius 1 is 0.824 bits per heavy atom. The number of nitrogens with zero attached hydrogens (tertiary/aromatic N) is 1. The van der Waals surface area contributed by atoms with Crippen molar-refractivity contribution in [3.05, 3.63) is 89.0 Å². The van der Waals surface area contributed by atoms with Crippen molar-refractivity contribution in [1.29, 1.82) is 0 Å². The molecule has 1 N–H and O–H groups in total. The summed E-state index contributed by atoms with van der Waals surface area (Å²) in [5.41, 5.74) is -0.338. The SMILES string of the molecule is COc1ccc(CN(Cc2ccc(OC)cc2)S(=O)(=O)c2ccc(CO)c(C(F)(F)F)c2)cc1. The first-order valence-electron chi connectivity index (χ1n) is 10.2. The number of sulfonamides is 1. The van der Waals surface area contributed by atoms with E-state index in [-0.39, 0.29) is 13.1 Å². The van der Waals surface area contributed by atoms with E-state index in [1.807, 2.05) is 0 Å². The van der Waals surface area contributed by atoms with Crippen LogP contribution in [0.1, 0.15) is 22.3 Å². The predicted molar refractivity (Wildman–Crippen MR) is 120 cm³/mol. The molecule has 0 bridgehead atoms. The molecule has 0 aliphatic rings. The van der Waals surface area contributed by atoms with Crippen LogP contribution in [-0.4, -0.2) is 32.0 Å². The second kappa shape index (κ2) is 10.5. The first kappa shape index (κ1) is 25.5. The third-order valence-corrected chi connectivity index (χ3v) is 7.02. The second-order valence-electron chi connectivity index (χ2n) is 7.44. The number of methoxy groups -OCH3 is 2. The Hall–Kier alpha value is -3.08. The number of rotatable bonds is 9. The van der Waals surface area contributed by atoms with E-state index in [1.165, 1.54) is 14.2 Å². The van der Waals surface area contributed by atoms with Gasteiger partial charge in [0.2, 0.25) is 10.0 Å². The van der Waals surface area contributed by atoms with Crippen LogP contribution in [0, 0.1) is 0 Å². The average molecular weight is 496 g/mol. The molecule has 0 saturated heterocycles. The van der Waals surface area contributed by atoms with Gasteiger partial charge < -0.3 is 14.6 Å². The number of aliphatic hydroxyl groups excluding tert-OH is 1. The summed E-state index contributed by atoms with van der Waals surface area (Å²) in [6.07, 6.45) is -4.82. The molecule has 0 radical (unpaired) electrons. The number of benzene rings is 3. The number of aliphatic hydroxyl groups is 1. The van der Waals surface area contributed by atoms with Crippen molar-refractivity contribution in [3.63, 3.8) is 0 Å². The zero-order valence-electron chi connectivity index (χ0n) is 18.5. The maximum Gasteiger partial charge on any atom is 0.416 e. The third-order valence-electron chi connectivity index (χ3n) is 5.23. The molecule has 6 nitrogen and oxygen atoms in total. The Kier molecular flexibility index (Phi) is 7.86. The average Bonchev–Trinajstić information content (AvgIpc) is 2.83. The van der Waals surface area contributed by atoms with Gasteiger partial charge in [-0.2, -0.15) is 17.5 Å². The van der Waals surface area contributed by atoms with Crippen LogP contribution in [0.4, 0.5) is 13.2 Å². The van der Waals surface area contributed by atoms with Crippen LogP contribution >= 0.6 is 0 Å². The van der Waals surface area contributed by atoms with Crippen molar-refractivity contribution in [2.45, 2.75) is 30.8 Å². The molecular formula is C24H24F3NO5S. The first-order chi connectivity index (χ1) is 16.1. The minimum Gasteiger partial charge on any atom is -0.497 e. The molecule has 0 amide bonds. The van der Waals surface area contributed by atoms with Crippen molar-refractivity contribution in [2.24, 2.45) is 0 Å². The lowest BCUT2D eigenvalue weighted by Crippen LogP contribution is -2.30. The maximum absolute atomic E-state index is 13.5. The quantitative estimate of drug-likeness (QED) is 0.469. The number of ether oxygens (including phenoxy) is 2. The van der Waals surface area contributed by atoms with Crippen molar-refractivity contribution >= 4 is 10.0 Å². The molecule has 3 aromatic rings. The van der Waals surface area contributed by atoms with Crippen molar-refractivity contribution in [3.8, 4) is 11.5 Å². The van der Waals surface area contributed by atoms with Crippen molar-refractivity contribution < 1.29 is 36.2 Å². The molecule has 0 saturated carbocycles. The fourth-order valence-corrected chi connectivity index (χ4v) is 4.80. The van der Waals surface area contributed by atoms with Crippen molar-refractivity contribution in [2.75, 3.05) is 14.2 Å². The molecule has 10 heteroatoms. The summed E-state index contributed by atoms with van der Waals surface area (Å²) in [6, 6.07) is 16.1. The van der Waals surface area contributed by atoms with Crippen LogP contribution in [0.15, 0.2) is 71.6 Å². The van der Waals surface area contributed by atoms with E-state index in [2.05, 4.69) is 0 Å². The molecule has 0 unspecified atom stereocenters. The van der Waals surface area contributed by atoms with E-state index in [0.717, 1.165) is 16.4 Å². The highest BCUT2D eigenvalue weighted by molar-refractivity contribution is 7.89. The predicted octanol–water partition coefficient (Wildman–Crippen LogP) is 4.61. The first-order valence-corrected chi connectivity index (χ1v) is 11.6. The van der Waals surface area contributed by atoms with Gasteiger partial charge >= 0.3 is 6.18 Å². The van der Waals surface area contributed by atoms with Gasteiger partial charge in [-0.25, -0.2) is 8.42 Å².